The Bertz CT molecular complexity index is 1730. The van der Waals surface area contributed by atoms with Gasteiger partial charge < -0.3 is 0 Å². The average molecular weight is 709 g/mol. The Labute approximate surface area is 258 Å². The van der Waals surface area contributed by atoms with E-state index < -0.39 is 26.2 Å². The van der Waals surface area contributed by atoms with Crippen LogP contribution in [-0.4, -0.2) is 9.98 Å². The zero-order valence-corrected chi connectivity index (χ0v) is 28.9. The molecule has 7 aromatic carbocycles. The average Bonchev–Trinajstić information content (AvgIpc) is 3.77. The molecule has 7 rings (SSSR count). The molecule has 0 unspecified atom stereocenters. The van der Waals surface area contributed by atoms with Crippen LogP contribution in [-0.2, 0) is 16.2 Å². The molecule has 0 aliphatic rings. The van der Waals surface area contributed by atoms with Crippen molar-refractivity contribution in [1.29, 1.82) is 0 Å². The van der Waals surface area contributed by atoms with Crippen LogP contribution in [0.4, 0.5) is 0 Å². The summed E-state index contributed by atoms with van der Waals surface area (Å²) in [7, 11) is 10.8. The number of hydrogen-bond donors (Lipinski definition) is 0. The van der Waals surface area contributed by atoms with E-state index in [1.807, 2.05) is 6.07 Å². The van der Waals surface area contributed by atoms with Crippen molar-refractivity contribution in [3.63, 3.8) is 0 Å². The van der Waals surface area contributed by atoms with Crippen molar-refractivity contribution in [2.45, 2.75) is 5.76 Å². The first-order valence-corrected chi connectivity index (χ1v) is 30.5. The van der Waals surface area contributed by atoms with Gasteiger partial charge in [-0.05, 0) is 21.5 Å². The minimum Gasteiger partial charge on any atom is -0.206 e. The summed E-state index contributed by atoms with van der Waals surface area (Å²) in [6.45, 7) is 0. The second kappa shape index (κ2) is 15.0. The van der Waals surface area contributed by atoms with Crippen LogP contribution in [0.1, 0.15) is 0 Å². The summed E-state index contributed by atoms with van der Waals surface area (Å²) in [4.78, 5) is 0. The zero-order chi connectivity index (χ0) is 28.4. The van der Waals surface area contributed by atoms with Crippen LogP contribution in [0, 0.1) is 0 Å². The molecular weight excluding hydrogens is 679 g/mol. The van der Waals surface area contributed by atoms with E-state index in [9.17, 15) is 0 Å². The van der Waals surface area contributed by atoms with Gasteiger partial charge in [0.25, 0.3) is 0 Å². The third-order valence-electron chi connectivity index (χ3n) is 7.02. The SMILES string of the molecule is [CH3][Ge]([c]1ccccc1)=[Zr]([Cl])[Cl].c1ccc2c(-c3cc[cH-]c3)cccc2c1.c1ccc2c(-c3cc[cH-]c3)cccc2c1. The molecule has 0 aliphatic heterocycles. The van der Waals surface area contributed by atoms with Crippen LogP contribution >= 0.6 is 17.0 Å². The summed E-state index contributed by atoms with van der Waals surface area (Å²) in [6.07, 6.45) is 0. The maximum Gasteiger partial charge on any atom is -0.0189 e. The number of fused-ring (bicyclic) bond motifs is 2. The van der Waals surface area contributed by atoms with Crippen LogP contribution in [0.2, 0.25) is 5.76 Å². The van der Waals surface area contributed by atoms with Gasteiger partial charge >= 0.3 is 83.7 Å². The van der Waals surface area contributed by atoms with Crippen LogP contribution in [0.3, 0.4) is 0 Å². The van der Waals surface area contributed by atoms with E-state index in [0.717, 1.165) is 0 Å². The topological polar surface area (TPSA) is 0 Å². The molecule has 0 aliphatic carbocycles. The van der Waals surface area contributed by atoms with Crippen molar-refractivity contribution in [3.05, 3.63) is 164 Å². The smallest absolute Gasteiger partial charge is 0.0189 e. The number of hydrogen-bond acceptors (Lipinski definition) is 0. The normalized spacial score (nSPS) is 10.3. The summed E-state index contributed by atoms with van der Waals surface area (Å²) in [6, 6.07) is 57.3. The van der Waals surface area contributed by atoms with Crippen molar-refractivity contribution in [1.82, 2.24) is 0 Å². The van der Waals surface area contributed by atoms with Crippen molar-refractivity contribution < 1.29 is 16.2 Å². The molecule has 0 spiro atoms. The number of rotatable bonds is 3. The number of benzene rings is 5. The van der Waals surface area contributed by atoms with Gasteiger partial charge in [0.05, 0.1) is 0 Å². The van der Waals surface area contributed by atoms with Gasteiger partial charge in [-0.3, -0.25) is 0 Å². The maximum absolute atomic E-state index is 6.00. The maximum atomic E-state index is 6.00. The Balaban J connectivity index is 0.000000126. The molecule has 7 aromatic rings. The predicted molar refractivity (Wildman–Crippen MR) is 179 cm³/mol. The molecular formula is C37H30Cl2GeZr-2. The molecule has 0 atom stereocenters. The summed E-state index contributed by atoms with van der Waals surface area (Å²) < 4.78 is 1.44. The molecule has 0 fully saturated rings. The summed E-state index contributed by atoms with van der Waals surface area (Å²) in [5.41, 5.74) is 5.23. The van der Waals surface area contributed by atoms with Crippen LogP contribution in [0.25, 0.3) is 43.8 Å². The largest absolute Gasteiger partial charge is 0.206 e. The van der Waals surface area contributed by atoms with Crippen LogP contribution < -0.4 is 4.40 Å². The molecule has 0 N–H and O–H groups in total. The molecule has 0 aromatic heterocycles. The first-order valence-electron chi connectivity index (χ1n) is 13.6. The Morgan fingerprint density at radius 1 is 0.512 bits per heavy atom. The first-order chi connectivity index (χ1) is 20.1. The van der Waals surface area contributed by atoms with Gasteiger partial charge in [-0.2, -0.15) is 47.5 Å². The van der Waals surface area contributed by atoms with Gasteiger partial charge in [-0.1, -0.05) is 96.1 Å². The van der Waals surface area contributed by atoms with E-state index in [2.05, 4.69) is 163 Å². The zero-order valence-electron chi connectivity index (χ0n) is 22.8. The van der Waals surface area contributed by atoms with Crippen molar-refractivity contribution in [3.8, 4) is 22.3 Å². The Kier molecular flexibility index (Phi) is 10.9. The molecule has 0 nitrogen and oxygen atoms in total. The van der Waals surface area contributed by atoms with Crippen LogP contribution in [0.15, 0.2) is 164 Å². The van der Waals surface area contributed by atoms with Crippen LogP contribution in [0.5, 0.6) is 0 Å². The van der Waals surface area contributed by atoms with E-state index in [-0.39, 0.29) is 0 Å². The van der Waals surface area contributed by atoms with E-state index in [0.29, 0.717) is 0 Å². The monoisotopic (exact) mass is 708 g/mol. The van der Waals surface area contributed by atoms with E-state index in [4.69, 9.17) is 17.0 Å². The Morgan fingerprint density at radius 3 is 1.39 bits per heavy atom. The summed E-state index contributed by atoms with van der Waals surface area (Å²) >= 11 is -1.89. The molecule has 41 heavy (non-hydrogen) atoms. The standard InChI is InChI=1S/2C15H11.C7H8Ge.2ClH.Zr/c2*1-2-7-12(6-1)15-11-5-9-13-8-3-4-10-14(13)15;1-8-7-5-3-2-4-6-7;;;/h2*1-11H;2-6H,1H3;2*1H;/q2*-1;;;;+2/p-2. The summed E-state index contributed by atoms with van der Waals surface area (Å²) in [5, 5.41) is 5.25. The Morgan fingerprint density at radius 2 is 0.951 bits per heavy atom. The third-order valence-corrected chi connectivity index (χ3v) is 39.1. The van der Waals surface area contributed by atoms with Gasteiger partial charge in [0.1, 0.15) is 0 Å². The van der Waals surface area contributed by atoms with Gasteiger partial charge in [0.15, 0.2) is 0 Å². The number of halogens is 2. The van der Waals surface area contributed by atoms with Crippen molar-refractivity contribution in [2.75, 3.05) is 0 Å². The molecule has 0 heterocycles. The second-order valence-electron chi connectivity index (χ2n) is 9.65. The molecule has 0 bridgehead atoms. The van der Waals surface area contributed by atoms with Gasteiger partial charge in [-0.15, -0.1) is 0 Å². The minimum absolute atomic E-state index is 1.17. The molecule has 202 valence electrons. The van der Waals surface area contributed by atoms with E-state index in [1.165, 1.54) is 48.2 Å². The molecule has 0 saturated heterocycles. The Hall–Kier alpha value is -2.67. The van der Waals surface area contributed by atoms with Gasteiger partial charge in [0.2, 0.25) is 0 Å². The molecule has 4 heteroatoms. The minimum atomic E-state index is -1.89. The molecule has 0 amide bonds. The fourth-order valence-electron chi connectivity index (χ4n) is 4.86. The van der Waals surface area contributed by atoms with Crippen molar-refractivity contribution >= 4 is 52.9 Å². The third kappa shape index (κ3) is 7.79. The molecule has 0 saturated carbocycles. The van der Waals surface area contributed by atoms with Crippen molar-refractivity contribution in [2.24, 2.45) is 0 Å². The first kappa shape index (κ1) is 29.8. The van der Waals surface area contributed by atoms with E-state index in [1.54, 1.807) is 0 Å². The molecule has 0 radical (unpaired) electrons. The van der Waals surface area contributed by atoms with Gasteiger partial charge in [-0.25, -0.2) is 12.1 Å². The quantitative estimate of drug-likeness (QED) is 0.127. The second-order valence-corrected chi connectivity index (χ2v) is 44.0. The predicted octanol–water partition coefficient (Wildman–Crippen LogP) is 10.9. The fraction of sp³-hybridized carbons (Fsp3) is 0.0270. The summed E-state index contributed by atoms with van der Waals surface area (Å²) in [5.74, 6) is 2.27. The van der Waals surface area contributed by atoms with Gasteiger partial charge in [0, 0.05) is 0 Å². The fourth-order valence-corrected chi connectivity index (χ4v) is 18.4. The van der Waals surface area contributed by atoms with E-state index >= 15 is 0 Å².